The SMILES string of the molecule is COc1ccc2cc(-c3[nH]c(-c4ccc([S+](C)[O-])cc4)nc3-c3ccncc3)ccc2c1. The lowest BCUT2D eigenvalue weighted by Gasteiger charge is -2.07. The van der Waals surface area contributed by atoms with Crippen LogP contribution in [-0.2, 0) is 11.2 Å². The zero-order valence-electron chi connectivity index (χ0n) is 17.7. The average molecular weight is 440 g/mol. The highest BCUT2D eigenvalue weighted by molar-refractivity contribution is 7.90. The Bertz CT molecular complexity index is 1380. The lowest BCUT2D eigenvalue weighted by Crippen LogP contribution is -1.96. The van der Waals surface area contributed by atoms with Gasteiger partial charge in [0.2, 0.25) is 0 Å². The Hall–Kier alpha value is -3.61. The average Bonchev–Trinajstić information content (AvgIpc) is 3.29. The van der Waals surface area contributed by atoms with Crippen LogP contribution in [0.3, 0.4) is 0 Å². The topological polar surface area (TPSA) is 73.9 Å². The van der Waals surface area contributed by atoms with Crippen molar-refractivity contribution in [2.45, 2.75) is 4.90 Å². The van der Waals surface area contributed by atoms with Crippen molar-refractivity contribution in [1.29, 1.82) is 0 Å². The Labute approximate surface area is 189 Å². The fourth-order valence-corrected chi connectivity index (χ4v) is 4.27. The van der Waals surface area contributed by atoms with Crippen molar-refractivity contribution >= 4 is 21.9 Å². The second-order valence-electron chi connectivity index (χ2n) is 7.45. The van der Waals surface area contributed by atoms with Crippen molar-refractivity contribution in [3.05, 3.63) is 85.2 Å². The van der Waals surface area contributed by atoms with E-state index in [1.807, 2.05) is 48.5 Å². The Morgan fingerprint density at radius 2 is 1.50 bits per heavy atom. The van der Waals surface area contributed by atoms with Gasteiger partial charge in [-0.05, 0) is 76.5 Å². The van der Waals surface area contributed by atoms with Gasteiger partial charge in [0.1, 0.15) is 17.8 Å². The molecule has 0 aliphatic carbocycles. The van der Waals surface area contributed by atoms with Crippen LogP contribution in [0.1, 0.15) is 0 Å². The number of aromatic nitrogens is 3. The maximum Gasteiger partial charge on any atom is 0.152 e. The standard InChI is InChI=1S/C26H21N3O2S/c1-31-22-8-5-19-15-21(4-3-20(19)16-22)25-24(17-11-13-27-14-12-17)28-26(29-25)18-6-9-23(10-7-18)32(2)30/h3-16H,1-2H3,(H,28,29). The lowest BCUT2D eigenvalue weighted by molar-refractivity contribution is 0.415. The second-order valence-corrected chi connectivity index (χ2v) is 8.83. The van der Waals surface area contributed by atoms with E-state index in [4.69, 9.17) is 9.72 Å². The fourth-order valence-electron chi connectivity index (χ4n) is 3.75. The Kier molecular flexibility index (Phi) is 5.39. The van der Waals surface area contributed by atoms with E-state index in [9.17, 15) is 4.55 Å². The summed E-state index contributed by atoms with van der Waals surface area (Å²) in [6.07, 6.45) is 5.22. The molecule has 6 heteroatoms. The molecule has 3 aromatic carbocycles. The molecule has 0 aliphatic rings. The molecule has 32 heavy (non-hydrogen) atoms. The zero-order chi connectivity index (χ0) is 22.1. The Morgan fingerprint density at radius 3 is 2.22 bits per heavy atom. The second kappa shape index (κ2) is 8.49. The predicted molar refractivity (Wildman–Crippen MR) is 129 cm³/mol. The van der Waals surface area contributed by atoms with Crippen molar-refractivity contribution in [3.8, 4) is 39.7 Å². The summed E-state index contributed by atoms with van der Waals surface area (Å²) in [4.78, 5) is 13.4. The Morgan fingerprint density at radius 1 is 0.812 bits per heavy atom. The molecule has 0 aliphatic heterocycles. The van der Waals surface area contributed by atoms with Crippen molar-refractivity contribution in [3.63, 3.8) is 0 Å². The lowest BCUT2D eigenvalue weighted by atomic mass is 10.0. The van der Waals surface area contributed by atoms with Crippen molar-refractivity contribution in [2.75, 3.05) is 13.4 Å². The molecule has 5 rings (SSSR count). The molecule has 0 spiro atoms. The molecule has 1 N–H and O–H groups in total. The first kappa shape index (κ1) is 20.3. The smallest absolute Gasteiger partial charge is 0.152 e. The van der Waals surface area contributed by atoms with E-state index in [0.717, 1.165) is 55.3 Å². The van der Waals surface area contributed by atoms with E-state index in [1.165, 1.54) is 0 Å². The van der Waals surface area contributed by atoms with E-state index in [2.05, 4.69) is 34.2 Å². The maximum absolute atomic E-state index is 11.7. The van der Waals surface area contributed by atoms with Gasteiger partial charge in [0.25, 0.3) is 0 Å². The van der Waals surface area contributed by atoms with E-state index >= 15 is 0 Å². The monoisotopic (exact) mass is 439 g/mol. The van der Waals surface area contributed by atoms with Crippen molar-refractivity contribution in [2.24, 2.45) is 0 Å². The third-order valence-electron chi connectivity index (χ3n) is 5.45. The van der Waals surface area contributed by atoms with Crippen LogP contribution < -0.4 is 4.74 Å². The molecule has 5 nitrogen and oxygen atoms in total. The number of hydrogen-bond acceptors (Lipinski definition) is 4. The highest BCUT2D eigenvalue weighted by Crippen LogP contribution is 2.35. The minimum atomic E-state index is -1.01. The van der Waals surface area contributed by atoms with Crippen LogP contribution in [0.4, 0.5) is 0 Å². The summed E-state index contributed by atoms with van der Waals surface area (Å²) in [6.45, 7) is 0. The normalized spacial score (nSPS) is 12.1. The highest BCUT2D eigenvalue weighted by atomic mass is 32.2. The third-order valence-corrected chi connectivity index (χ3v) is 6.39. The van der Waals surface area contributed by atoms with Gasteiger partial charge < -0.3 is 14.3 Å². The molecule has 0 radical (unpaired) electrons. The molecule has 1 unspecified atom stereocenters. The maximum atomic E-state index is 11.7. The van der Waals surface area contributed by atoms with E-state index in [1.54, 1.807) is 25.8 Å². The summed E-state index contributed by atoms with van der Waals surface area (Å²) in [7, 11) is 1.67. The highest BCUT2D eigenvalue weighted by Gasteiger charge is 2.16. The largest absolute Gasteiger partial charge is 0.612 e. The van der Waals surface area contributed by atoms with Crippen LogP contribution in [0.15, 0.2) is 90.1 Å². The van der Waals surface area contributed by atoms with Gasteiger partial charge in [-0.3, -0.25) is 4.98 Å². The van der Waals surface area contributed by atoms with Crippen LogP contribution in [0.5, 0.6) is 5.75 Å². The minimum absolute atomic E-state index is 0.759. The molecule has 2 aromatic heterocycles. The molecule has 0 fully saturated rings. The van der Waals surface area contributed by atoms with Crippen LogP contribution >= 0.6 is 0 Å². The summed E-state index contributed by atoms with van der Waals surface area (Å²) in [5, 5.41) is 2.23. The number of ether oxygens (including phenoxy) is 1. The number of hydrogen-bond donors (Lipinski definition) is 1. The molecule has 0 bridgehead atoms. The number of methoxy groups -OCH3 is 1. The van der Waals surface area contributed by atoms with Crippen molar-refractivity contribution < 1.29 is 9.29 Å². The minimum Gasteiger partial charge on any atom is -0.612 e. The van der Waals surface area contributed by atoms with Crippen LogP contribution in [0, 0.1) is 0 Å². The Balaban J connectivity index is 1.64. The summed E-state index contributed by atoms with van der Waals surface area (Å²) in [6, 6.07) is 24.0. The number of fused-ring (bicyclic) bond motifs is 1. The molecule has 5 aromatic rings. The number of nitrogens with one attached hydrogen (secondary N) is 1. The van der Waals surface area contributed by atoms with Crippen LogP contribution in [0.25, 0.3) is 44.7 Å². The fraction of sp³-hybridized carbons (Fsp3) is 0.0769. The summed E-state index contributed by atoms with van der Waals surface area (Å²) >= 11 is -1.01. The number of aromatic amines is 1. The number of pyridine rings is 1. The molecule has 158 valence electrons. The summed E-state index contributed by atoms with van der Waals surface area (Å²) < 4.78 is 17.1. The molecule has 0 saturated carbocycles. The van der Waals surface area contributed by atoms with Gasteiger partial charge in [-0.1, -0.05) is 18.2 Å². The van der Waals surface area contributed by atoms with Gasteiger partial charge in [0.15, 0.2) is 4.90 Å². The quantitative estimate of drug-likeness (QED) is 0.356. The van der Waals surface area contributed by atoms with Gasteiger partial charge in [-0.15, -0.1) is 0 Å². The molecule has 0 saturated heterocycles. The van der Waals surface area contributed by atoms with E-state index < -0.39 is 11.2 Å². The first-order chi connectivity index (χ1) is 15.6. The number of imidazole rings is 1. The zero-order valence-corrected chi connectivity index (χ0v) is 18.5. The number of nitrogens with zero attached hydrogens (tertiary/aromatic N) is 2. The van der Waals surface area contributed by atoms with Crippen LogP contribution in [-0.4, -0.2) is 32.9 Å². The molecule has 2 heterocycles. The van der Waals surface area contributed by atoms with Gasteiger partial charge in [-0.25, -0.2) is 4.98 Å². The van der Waals surface area contributed by atoms with Crippen molar-refractivity contribution in [1.82, 2.24) is 15.0 Å². The molecule has 0 amide bonds. The predicted octanol–water partition coefficient (Wildman–Crippen LogP) is 5.70. The van der Waals surface area contributed by atoms with E-state index in [-0.39, 0.29) is 0 Å². The number of rotatable bonds is 5. The molecular formula is C26H21N3O2S. The summed E-state index contributed by atoms with van der Waals surface area (Å²) in [5.41, 5.74) is 4.76. The van der Waals surface area contributed by atoms with Gasteiger partial charge in [0.05, 0.1) is 18.5 Å². The van der Waals surface area contributed by atoms with E-state index in [0.29, 0.717) is 0 Å². The molecular weight excluding hydrogens is 418 g/mol. The number of H-pyrrole nitrogens is 1. The van der Waals surface area contributed by atoms with Gasteiger partial charge in [-0.2, -0.15) is 0 Å². The third kappa shape index (κ3) is 3.86. The first-order valence-electron chi connectivity index (χ1n) is 10.1. The number of benzene rings is 3. The van der Waals surface area contributed by atoms with Gasteiger partial charge >= 0.3 is 0 Å². The van der Waals surface area contributed by atoms with Crippen LogP contribution in [0.2, 0.25) is 0 Å². The molecule has 1 atom stereocenters. The van der Waals surface area contributed by atoms with Gasteiger partial charge in [0, 0.05) is 29.1 Å². The summed E-state index contributed by atoms with van der Waals surface area (Å²) in [5.74, 6) is 1.60. The first-order valence-corrected chi connectivity index (χ1v) is 11.7.